The molecule has 2 aromatic rings. The second-order valence-electron chi connectivity index (χ2n) is 4.45. The largest absolute Gasteiger partial charge is 0.480 e. The average molecular weight is 285 g/mol. The van der Waals surface area contributed by atoms with Crippen LogP contribution in [0, 0.1) is 0 Å². The lowest BCUT2D eigenvalue weighted by molar-refractivity contribution is -0.138. The van der Waals surface area contributed by atoms with E-state index in [1.54, 1.807) is 26.0 Å². The molecule has 6 heteroatoms. The molecule has 0 amide bonds. The van der Waals surface area contributed by atoms with Gasteiger partial charge in [-0.15, -0.1) is 11.8 Å². The lowest BCUT2D eigenvalue weighted by Gasteiger charge is -2.17. The number of aromatic amines is 1. The summed E-state index contributed by atoms with van der Waals surface area (Å²) in [4.78, 5) is 18.5. The minimum Gasteiger partial charge on any atom is -0.480 e. The third-order valence-corrected chi connectivity index (χ3v) is 4.13. The molecule has 0 radical (unpaired) electrons. The van der Waals surface area contributed by atoms with Crippen molar-refractivity contribution in [2.75, 3.05) is 0 Å². The fourth-order valence-electron chi connectivity index (χ4n) is 1.41. The van der Waals surface area contributed by atoms with E-state index in [2.05, 4.69) is 9.97 Å². The normalized spacial score (nSPS) is 11.9. The van der Waals surface area contributed by atoms with Gasteiger partial charge in [-0.25, -0.2) is 4.98 Å². The number of fused-ring (bicyclic) bond motifs is 1. The van der Waals surface area contributed by atoms with Gasteiger partial charge in [-0.1, -0.05) is 11.6 Å². The molecule has 0 spiro atoms. The van der Waals surface area contributed by atoms with Gasteiger partial charge in [0.25, 0.3) is 0 Å². The Balaban J connectivity index is 2.15. The van der Waals surface area contributed by atoms with Gasteiger partial charge < -0.3 is 10.1 Å². The maximum atomic E-state index is 11.0. The first-order valence-corrected chi connectivity index (χ1v) is 6.76. The number of benzene rings is 1. The number of imidazole rings is 1. The first-order valence-electron chi connectivity index (χ1n) is 5.40. The number of nitrogens with zero attached hydrogens (tertiary/aromatic N) is 1. The van der Waals surface area contributed by atoms with Crippen LogP contribution in [0.2, 0.25) is 5.02 Å². The van der Waals surface area contributed by atoms with Crippen LogP contribution in [0.3, 0.4) is 0 Å². The summed E-state index contributed by atoms with van der Waals surface area (Å²) < 4.78 is -0.823. The maximum absolute atomic E-state index is 11.0. The SMILES string of the molecule is CC(C)(SCc1nc2ccc(Cl)cc2[nH]1)C(=O)O. The number of carboxylic acids is 1. The zero-order valence-corrected chi connectivity index (χ0v) is 11.6. The van der Waals surface area contributed by atoms with Gasteiger partial charge in [-0.2, -0.15) is 0 Å². The molecule has 18 heavy (non-hydrogen) atoms. The minimum absolute atomic E-state index is 0.519. The Hall–Kier alpha value is -1.20. The monoisotopic (exact) mass is 284 g/mol. The molecule has 4 nitrogen and oxygen atoms in total. The van der Waals surface area contributed by atoms with Crippen LogP contribution in [-0.4, -0.2) is 25.8 Å². The minimum atomic E-state index is -0.827. The number of thioether (sulfide) groups is 1. The number of rotatable bonds is 4. The van der Waals surface area contributed by atoms with Crippen LogP contribution in [0.4, 0.5) is 0 Å². The highest BCUT2D eigenvalue weighted by Gasteiger charge is 2.27. The predicted molar refractivity (Wildman–Crippen MR) is 74.1 cm³/mol. The number of carboxylic acid groups (broad SMARTS) is 1. The van der Waals surface area contributed by atoms with E-state index in [1.165, 1.54) is 11.8 Å². The van der Waals surface area contributed by atoms with Crippen molar-refractivity contribution in [1.82, 2.24) is 9.97 Å². The van der Waals surface area contributed by atoms with Gasteiger partial charge in [-0.3, -0.25) is 4.79 Å². The highest BCUT2D eigenvalue weighted by molar-refractivity contribution is 8.00. The van der Waals surface area contributed by atoms with Crippen molar-refractivity contribution in [2.45, 2.75) is 24.3 Å². The number of aromatic nitrogens is 2. The fraction of sp³-hybridized carbons (Fsp3) is 0.333. The number of hydrogen-bond donors (Lipinski definition) is 2. The number of nitrogens with one attached hydrogen (secondary N) is 1. The van der Waals surface area contributed by atoms with Crippen molar-refractivity contribution in [3.8, 4) is 0 Å². The van der Waals surface area contributed by atoms with Crippen molar-refractivity contribution >= 4 is 40.4 Å². The molecule has 96 valence electrons. The van der Waals surface area contributed by atoms with Crippen molar-refractivity contribution in [3.63, 3.8) is 0 Å². The first-order chi connectivity index (χ1) is 8.38. The van der Waals surface area contributed by atoms with Gasteiger partial charge in [0.15, 0.2) is 0 Å². The molecule has 0 aliphatic carbocycles. The molecule has 2 N–H and O–H groups in total. The highest BCUT2D eigenvalue weighted by Crippen LogP contribution is 2.28. The van der Waals surface area contributed by atoms with E-state index in [1.807, 2.05) is 6.07 Å². The molecular weight excluding hydrogens is 272 g/mol. The van der Waals surface area contributed by atoms with E-state index in [9.17, 15) is 4.79 Å². The second-order valence-corrected chi connectivity index (χ2v) is 6.48. The van der Waals surface area contributed by atoms with Crippen LogP contribution in [-0.2, 0) is 10.5 Å². The molecule has 0 fully saturated rings. The molecule has 1 aromatic carbocycles. The number of H-pyrrole nitrogens is 1. The van der Waals surface area contributed by atoms with Crippen LogP contribution in [0.25, 0.3) is 11.0 Å². The molecule has 0 aliphatic rings. The number of hydrogen-bond acceptors (Lipinski definition) is 3. The van der Waals surface area contributed by atoms with Gasteiger partial charge in [0.2, 0.25) is 0 Å². The third-order valence-electron chi connectivity index (χ3n) is 2.58. The highest BCUT2D eigenvalue weighted by atomic mass is 35.5. The number of aliphatic carboxylic acids is 1. The lowest BCUT2D eigenvalue weighted by Crippen LogP contribution is -2.27. The van der Waals surface area contributed by atoms with Gasteiger partial charge in [0.1, 0.15) is 10.6 Å². The molecular formula is C12H13ClN2O2S. The quantitative estimate of drug-likeness (QED) is 0.904. The molecule has 0 saturated heterocycles. The molecule has 1 aromatic heterocycles. The number of halogens is 1. The zero-order chi connectivity index (χ0) is 13.3. The molecule has 0 aliphatic heterocycles. The lowest BCUT2D eigenvalue weighted by atomic mass is 10.2. The summed E-state index contributed by atoms with van der Waals surface area (Å²) in [5, 5.41) is 9.68. The Labute approximate surface area is 114 Å². The maximum Gasteiger partial charge on any atom is 0.319 e. The van der Waals surface area contributed by atoms with E-state index in [4.69, 9.17) is 16.7 Å². The molecule has 2 rings (SSSR count). The van der Waals surface area contributed by atoms with Gasteiger partial charge in [0, 0.05) is 5.02 Å². The summed E-state index contributed by atoms with van der Waals surface area (Å²) in [5.41, 5.74) is 1.70. The summed E-state index contributed by atoms with van der Waals surface area (Å²) in [6.07, 6.45) is 0. The average Bonchev–Trinajstić information content (AvgIpc) is 2.68. The topological polar surface area (TPSA) is 66.0 Å². The molecule has 0 bridgehead atoms. The Morgan fingerprint density at radius 2 is 2.28 bits per heavy atom. The van der Waals surface area contributed by atoms with E-state index in [-0.39, 0.29) is 0 Å². The second kappa shape index (κ2) is 4.82. The van der Waals surface area contributed by atoms with Gasteiger partial charge in [0.05, 0.1) is 16.8 Å². The molecule has 0 unspecified atom stereocenters. The van der Waals surface area contributed by atoms with Crippen molar-refractivity contribution in [2.24, 2.45) is 0 Å². The summed E-state index contributed by atoms with van der Waals surface area (Å²) in [6.45, 7) is 3.36. The smallest absolute Gasteiger partial charge is 0.319 e. The Bertz CT molecular complexity index is 595. The Morgan fingerprint density at radius 3 is 2.94 bits per heavy atom. The van der Waals surface area contributed by atoms with Crippen LogP contribution in [0.1, 0.15) is 19.7 Å². The molecule has 0 atom stereocenters. The molecule has 1 heterocycles. The Kier molecular flexibility index (Phi) is 3.54. The van der Waals surface area contributed by atoms with Crippen molar-refractivity contribution < 1.29 is 9.90 Å². The summed E-state index contributed by atoms with van der Waals surface area (Å²) in [6, 6.07) is 5.42. The van der Waals surface area contributed by atoms with Crippen molar-refractivity contribution in [3.05, 3.63) is 29.0 Å². The fourth-order valence-corrected chi connectivity index (χ4v) is 2.34. The summed E-state index contributed by atoms with van der Waals surface area (Å²) >= 11 is 7.22. The van der Waals surface area contributed by atoms with Crippen LogP contribution < -0.4 is 0 Å². The van der Waals surface area contributed by atoms with Crippen LogP contribution >= 0.6 is 23.4 Å². The van der Waals surface area contributed by atoms with E-state index in [0.29, 0.717) is 10.8 Å². The van der Waals surface area contributed by atoms with Crippen LogP contribution in [0.15, 0.2) is 18.2 Å². The number of carbonyl (C=O) groups is 1. The van der Waals surface area contributed by atoms with Gasteiger partial charge in [-0.05, 0) is 32.0 Å². The predicted octanol–water partition coefficient (Wildman–Crippen LogP) is 3.31. The summed E-state index contributed by atoms with van der Waals surface area (Å²) in [5.74, 6) is 0.448. The van der Waals surface area contributed by atoms with Crippen molar-refractivity contribution in [1.29, 1.82) is 0 Å². The van der Waals surface area contributed by atoms with Crippen LogP contribution in [0.5, 0.6) is 0 Å². The standard InChI is InChI=1S/C12H13ClN2O2S/c1-12(2,11(16)17)18-6-10-14-8-4-3-7(13)5-9(8)15-10/h3-5H,6H2,1-2H3,(H,14,15)(H,16,17). The summed E-state index contributed by atoms with van der Waals surface area (Å²) in [7, 11) is 0. The Morgan fingerprint density at radius 1 is 1.56 bits per heavy atom. The first kappa shape index (κ1) is 13.2. The third kappa shape index (κ3) is 2.79. The van der Waals surface area contributed by atoms with Gasteiger partial charge >= 0.3 is 5.97 Å². The van der Waals surface area contributed by atoms with E-state index >= 15 is 0 Å². The zero-order valence-electron chi connectivity index (χ0n) is 10.0. The molecule has 0 saturated carbocycles. The van der Waals surface area contributed by atoms with E-state index < -0.39 is 10.7 Å². The van der Waals surface area contributed by atoms with E-state index in [0.717, 1.165) is 16.9 Å².